The van der Waals surface area contributed by atoms with Crippen molar-refractivity contribution in [3.05, 3.63) is 34.7 Å². The minimum Gasteiger partial charge on any atom is -0.381 e. The number of imidazole rings is 1. The molecule has 2 aromatic rings. The topological polar surface area (TPSA) is 50.3 Å². The molecule has 0 unspecified atom stereocenters. The van der Waals surface area contributed by atoms with Crippen molar-refractivity contribution < 1.29 is 4.74 Å². The third-order valence-corrected chi connectivity index (χ3v) is 5.55. The predicted octanol–water partition coefficient (Wildman–Crippen LogP) is 2.39. The molecular weight excluding hydrogens is 290 g/mol. The molecule has 1 aromatic carbocycles. The minimum atomic E-state index is 0.0316. The van der Waals surface area contributed by atoms with Crippen LogP contribution in [0.25, 0.3) is 11.0 Å². The summed E-state index contributed by atoms with van der Waals surface area (Å²) in [6.45, 7) is 6.21. The number of rotatable bonds is 2. The minimum absolute atomic E-state index is 0.0316. The highest BCUT2D eigenvalue weighted by molar-refractivity contribution is 5.75. The molecule has 0 radical (unpaired) electrons. The van der Waals surface area contributed by atoms with Gasteiger partial charge in [0.2, 0.25) is 0 Å². The fraction of sp³-hybridized carbons (Fsp3) is 0.611. The summed E-state index contributed by atoms with van der Waals surface area (Å²) in [5.74, 6) is 0.608. The normalized spacial score (nSPS) is 27.5. The molecule has 1 N–H and O–H groups in total. The lowest BCUT2D eigenvalue weighted by Crippen LogP contribution is -2.48. The lowest BCUT2D eigenvalue weighted by molar-refractivity contribution is -0.0156. The molecule has 0 bridgehead atoms. The fourth-order valence-corrected chi connectivity index (χ4v) is 4.32. The number of H-pyrrole nitrogens is 1. The number of ether oxygens (including phenoxy) is 1. The summed E-state index contributed by atoms with van der Waals surface area (Å²) < 4.78 is 7.54. The van der Waals surface area contributed by atoms with Gasteiger partial charge in [0.05, 0.1) is 17.6 Å². The van der Waals surface area contributed by atoms with E-state index in [4.69, 9.17) is 4.74 Å². The van der Waals surface area contributed by atoms with Gasteiger partial charge in [-0.1, -0.05) is 19.1 Å². The molecule has 2 aliphatic heterocycles. The molecule has 4 rings (SSSR count). The molecule has 0 spiro atoms. The van der Waals surface area contributed by atoms with Crippen molar-refractivity contribution in [1.82, 2.24) is 14.5 Å². The number of nitrogens with zero attached hydrogens (tertiary/aromatic N) is 2. The summed E-state index contributed by atoms with van der Waals surface area (Å²) in [5, 5.41) is 0. The summed E-state index contributed by atoms with van der Waals surface area (Å²) in [7, 11) is 0. The Morgan fingerprint density at radius 3 is 2.74 bits per heavy atom. The highest BCUT2D eigenvalue weighted by atomic mass is 16.5. The van der Waals surface area contributed by atoms with Crippen LogP contribution in [0.15, 0.2) is 29.1 Å². The van der Waals surface area contributed by atoms with Gasteiger partial charge >= 0.3 is 5.69 Å². The Morgan fingerprint density at radius 2 is 1.96 bits per heavy atom. The molecule has 2 saturated heterocycles. The number of para-hydroxylation sites is 2. The maximum absolute atomic E-state index is 12.4. The van der Waals surface area contributed by atoms with Crippen LogP contribution in [0.1, 0.15) is 32.2 Å². The zero-order valence-electron chi connectivity index (χ0n) is 13.7. The molecule has 124 valence electrons. The van der Waals surface area contributed by atoms with E-state index in [-0.39, 0.29) is 5.69 Å². The van der Waals surface area contributed by atoms with E-state index < -0.39 is 0 Å². The SMILES string of the molecule is C[C@@H]1COCC[C@@H]1N1CCC(n2c(=O)[nH]c3ccccc32)CC1. The molecule has 0 amide bonds. The third kappa shape index (κ3) is 2.72. The van der Waals surface area contributed by atoms with E-state index in [1.165, 1.54) is 0 Å². The van der Waals surface area contributed by atoms with E-state index in [2.05, 4.69) is 16.8 Å². The Morgan fingerprint density at radius 1 is 1.17 bits per heavy atom. The number of fused-ring (bicyclic) bond motifs is 1. The van der Waals surface area contributed by atoms with Gasteiger partial charge in [0.25, 0.3) is 0 Å². The molecule has 2 fully saturated rings. The largest absolute Gasteiger partial charge is 0.381 e. The van der Waals surface area contributed by atoms with E-state index in [1.54, 1.807) is 0 Å². The fourth-order valence-electron chi connectivity index (χ4n) is 4.32. The van der Waals surface area contributed by atoms with Crippen molar-refractivity contribution >= 4 is 11.0 Å². The predicted molar refractivity (Wildman–Crippen MR) is 90.8 cm³/mol. The van der Waals surface area contributed by atoms with Crippen LogP contribution >= 0.6 is 0 Å². The molecule has 1 aromatic heterocycles. The first-order valence-electron chi connectivity index (χ1n) is 8.75. The van der Waals surface area contributed by atoms with Gasteiger partial charge in [-0.05, 0) is 37.3 Å². The summed E-state index contributed by atoms with van der Waals surface area (Å²) >= 11 is 0. The molecule has 0 aliphatic carbocycles. The van der Waals surface area contributed by atoms with E-state index in [9.17, 15) is 4.79 Å². The average molecular weight is 315 g/mol. The van der Waals surface area contributed by atoms with Crippen molar-refractivity contribution in [3.8, 4) is 0 Å². The Bertz CT molecular complexity index is 727. The monoisotopic (exact) mass is 315 g/mol. The molecule has 3 heterocycles. The Labute approximate surface area is 136 Å². The van der Waals surface area contributed by atoms with Gasteiger partial charge in [-0.15, -0.1) is 0 Å². The zero-order chi connectivity index (χ0) is 15.8. The molecular formula is C18H25N3O2. The van der Waals surface area contributed by atoms with Crippen molar-refractivity contribution in [2.24, 2.45) is 5.92 Å². The van der Waals surface area contributed by atoms with E-state index in [0.717, 1.165) is 56.6 Å². The van der Waals surface area contributed by atoms with Crippen molar-refractivity contribution in [2.45, 2.75) is 38.3 Å². The van der Waals surface area contributed by atoms with Gasteiger partial charge in [-0.3, -0.25) is 9.47 Å². The van der Waals surface area contributed by atoms with Crippen LogP contribution in [0.5, 0.6) is 0 Å². The summed E-state index contributed by atoms with van der Waals surface area (Å²) in [5.41, 5.74) is 2.01. The Hall–Kier alpha value is -1.59. The summed E-state index contributed by atoms with van der Waals surface area (Å²) in [6, 6.07) is 8.95. The smallest absolute Gasteiger partial charge is 0.326 e. The number of aromatic amines is 1. The van der Waals surface area contributed by atoms with Gasteiger partial charge < -0.3 is 9.72 Å². The van der Waals surface area contributed by atoms with Crippen molar-refractivity contribution in [2.75, 3.05) is 26.3 Å². The average Bonchev–Trinajstić information content (AvgIpc) is 2.91. The lowest BCUT2D eigenvalue weighted by Gasteiger charge is -2.42. The van der Waals surface area contributed by atoms with Gasteiger partial charge in [0.15, 0.2) is 0 Å². The van der Waals surface area contributed by atoms with Gasteiger partial charge in [-0.2, -0.15) is 0 Å². The highest BCUT2D eigenvalue weighted by Gasteiger charge is 2.31. The van der Waals surface area contributed by atoms with Crippen LogP contribution in [0.2, 0.25) is 0 Å². The number of hydrogen-bond acceptors (Lipinski definition) is 3. The van der Waals surface area contributed by atoms with Crippen LogP contribution in [-0.4, -0.2) is 46.8 Å². The first-order valence-corrected chi connectivity index (χ1v) is 8.75. The molecule has 5 heteroatoms. The van der Waals surface area contributed by atoms with Gasteiger partial charge in [-0.25, -0.2) is 4.79 Å². The van der Waals surface area contributed by atoms with Gasteiger partial charge in [0, 0.05) is 31.8 Å². The van der Waals surface area contributed by atoms with Crippen LogP contribution in [0.3, 0.4) is 0 Å². The van der Waals surface area contributed by atoms with Crippen LogP contribution in [0.4, 0.5) is 0 Å². The second kappa shape index (κ2) is 6.13. The van der Waals surface area contributed by atoms with Gasteiger partial charge in [0.1, 0.15) is 0 Å². The number of nitrogens with one attached hydrogen (secondary N) is 1. The van der Waals surface area contributed by atoms with E-state index in [0.29, 0.717) is 18.0 Å². The van der Waals surface area contributed by atoms with E-state index >= 15 is 0 Å². The first kappa shape index (κ1) is 15.0. The Kier molecular flexibility index (Phi) is 3.99. The second-order valence-corrected chi connectivity index (χ2v) is 6.99. The van der Waals surface area contributed by atoms with Crippen molar-refractivity contribution in [1.29, 1.82) is 0 Å². The lowest BCUT2D eigenvalue weighted by atomic mass is 9.93. The molecule has 0 saturated carbocycles. The number of aromatic nitrogens is 2. The highest BCUT2D eigenvalue weighted by Crippen LogP contribution is 2.29. The third-order valence-electron chi connectivity index (χ3n) is 5.55. The second-order valence-electron chi connectivity index (χ2n) is 6.99. The van der Waals surface area contributed by atoms with Crippen LogP contribution in [0, 0.1) is 5.92 Å². The number of piperidine rings is 1. The van der Waals surface area contributed by atoms with Crippen molar-refractivity contribution in [3.63, 3.8) is 0 Å². The maximum atomic E-state index is 12.4. The summed E-state index contributed by atoms with van der Waals surface area (Å²) in [4.78, 5) is 17.9. The molecule has 2 atom stereocenters. The van der Waals surface area contributed by atoms with Crippen LogP contribution < -0.4 is 5.69 Å². The number of benzene rings is 1. The molecule has 5 nitrogen and oxygen atoms in total. The molecule has 2 aliphatic rings. The number of hydrogen-bond donors (Lipinski definition) is 1. The quantitative estimate of drug-likeness (QED) is 0.926. The Balaban J connectivity index is 1.51. The summed E-state index contributed by atoms with van der Waals surface area (Å²) in [6.07, 6.45) is 3.23. The number of likely N-dealkylation sites (tertiary alicyclic amines) is 1. The standard InChI is InChI=1S/C18H25N3O2/c1-13-12-23-11-8-16(13)20-9-6-14(7-10-20)21-17-5-3-2-4-15(17)19-18(21)22/h2-5,13-14,16H,6-12H2,1H3,(H,19,22)/t13-,16+/m1/s1. The first-order chi connectivity index (χ1) is 11.2. The maximum Gasteiger partial charge on any atom is 0.326 e. The van der Waals surface area contributed by atoms with Crippen LogP contribution in [-0.2, 0) is 4.74 Å². The zero-order valence-corrected chi connectivity index (χ0v) is 13.7. The van der Waals surface area contributed by atoms with E-state index in [1.807, 2.05) is 28.8 Å². The molecule has 23 heavy (non-hydrogen) atoms.